The molecule has 5 nitrogen and oxygen atoms in total. The van der Waals surface area contributed by atoms with Crippen LogP contribution in [0, 0.1) is 17.0 Å². The minimum Gasteiger partial charge on any atom is -0.388 e. The first-order valence-corrected chi connectivity index (χ1v) is 6.79. The summed E-state index contributed by atoms with van der Waals surface area (Å²) >= 11 is 3.44. The number of nitro groups is 1. The molecule has 6 heteroatoms. The monoisotopic (exact) mass is 335 g/mol. The number of hydrogen-bond acceptors (Lipinski definition) is 4. The molecule has 20 heavy (non-hydrogen) atoms. The van der Waals surface area contributed by atoms with Gasteiger partial charge in [0.15, 0.2) is 0 Å². The number of halogens is 1. The summed E-state index contributed by atoms with van der Waals surface area (Å²) in [6, 6.07) is 10.7. The van der Waals surface area contributed by atoms with E-state index in [2.05, 4.69) is 26.6 Å². The second-order valence-corrected chi connectivity index (χ2v) is 5.22. The van der Waals surface area contributed by atoms with E-state index in [-0.39, 0.29) is 5.69 Å². The number of nitrogens with one attached hydrogen (secondary N) is 2. The maximum Gasteiger partial charge on any atom is 0.273 e. The van der Waals surface area contributed by atoms with Crippen LogP contribution in [-0.4, -0.2) is 12.0 Å². The first-order valence-electron chi connectivity index (χ1n) is 6.00. The second-order valence-electron chi connectivity index (χ2n) is 4.36. The van der Waals surface area contributed by atoms with Crippen LogP contribution in [0.5, 0.6) is 0 Å². The summed E-state index contributed by atoms with van der Waals surface area (Å²) in [6.07, 6.45) is 0. The molecule has 0 amide bonds. The zero-order valence-corrected chi connectivity index (χ0v) is 12.7. The van der Waals surface area contributed by atoms with Crippen molar-refractivity contribution in [3.8, 4) is 0 Å². The highest BCUT2D eigenvalue weighted by Gasteiger charge is 2.09. The van der Waals surface area contributed by atoms with Crippen LogP contribution in [-0.2, 0) is 0 Å². The van der Waals surface area contributed by atoms with Crippen molar-refractivity contribution < 1.29 is 4.92 Å². The largest absolute Gasteiger partial charge is 0.388 e. The van der Waals surface area contributed by atoms with E-state index in [1.165, 1.54) is 12.1 Å². The standard InChI is InChI=1S/C14H14BrN3O2/c1-9-5-10(3-4-14(9)15)17-12-6-11(16-2)7-13(8-12)18(19)20/h3-8,16-17H,1-2H3. The summed E-state index contributed by atoms with van der Waals surface area (Å²) in [4.78, 5) is 10.5. The zero-order valence-electron chi connectivity index (χ0n) is 11.1. The second kappa shape index (κ2) is 5.92. The Morgan fingerprint density at radius 1 is 1.10 bits per heavy atom. The molecule has 2 aromatic rings. The third-order valence-electron chi connectivity index (χ3n) is 2.86. The molecular formula is C14H14BrN3O2. The molecule has 0 aliphatic heterocycles. The Morgan fingerprint density at radius 3 is 2.40 bits per heavy atom. The number of anilines is 3. The van der Waals surface area contributed by atoms with E-state index < -0.39 is 4.92 Å². The summed E-state index contributed by atoms with van der Waals surface area (Å²) in [5.41, 5.74) is 3.39. The Bertz CT molecular complexity index is 659. The fraction of sp³-hybridized carbons (Fsp3) is 0.143. The molecule has 2 aromatic carbocycles. The molecule has 0 spiro atoms. The van der Waals surface area contributed by atoms with Gasteiger partial charge in [0.05, 0.1) is 4.92 Å². The summed E-state index contributed by atoms with van der Waals surface area (Å²) in [5, 5.41) is 17.0. The smallest absolute Gasteiger partial charge is 0.273 e. The van der Waals surface area contributed by atoms with Crippen molar-refractivity contribution in [1.82, 2.24) is 0 Å². The number of aryl methyl sites for hydroxylation is 1. The maximum absolute atomic E-state index is 10.9. The summed E-state index contributed by atoms with van der Waals surface area (Å²) in [5.74, 6) is 0. The van der Waals surface area contributed by atoms with E-state index in [0.29, 0.717) is 11.4 Å². The van der Waals surface area contributed by atoms with E-state index in [4.69, 9.17) is 0 Å². The van der Waals surface area contributed by atoms with Crippen molar-refractivity contribution in [3.63, 3.8) is 0 Å². The van der Waals surface area contributed by atoms with Gasteiger partial charge in [0.25, 0.3) is 5.69 Å². The van der Waals surface area contributed by atoms with Crippen LogP contribution < -0.4 is 10.6 Å². The average molecular weight is 336 g/mol. The lowest BCUT2D eigenvalue weighted by molar-refractivity contribution is -0.384. The van der Waals surface area contributed by atoms with E-state index in [1.54, 1.807) is 7.05 Å². The predicted octanol–water partition coefficient (Wildman–Crippen LogP) is 4.45. The Labute approximate surface area is 125 Å². The fourth-order valence-electron chi connectivity index (χ4n) is 1.82. The third-order valence-corrected chi connectivity index (χ3v) is 3.75. The van der Waals surface area contributed by atoms with Crippen LogP contribution in [0.3, 0.4) is 0 Å². The van der Waals surface area contributed by atoms with Gasteiger partial charge in [0.2, 0.25) is 0 Å². The minimum atomic E-state index is -0.404. The van der Waals surface area contributed by atoms with Crippen molar-refractivity contribution in [2.75, 3.05) is 17.7 Å². The lowest BCUT2D eigenvalue weighted by Gasteiger charge is -2.10. The van der Waals surface area contributed by atoms with E-state index >= 15 is 0 Å². The molecule has 0 heterocycles. The number of nitrogens with zero attached hydrogens (tertiary/aromatic N) is 1. The normalized spacial score (nSPS) is 10.2. The average Bonchev–Trinajstić information content (AvgIpc) is 2.42. The Morgan fingerprint density at radius 2 is 1.80 bits per heavy atom. The van der Waals surface area contributed by atoms with Crippen LogP contribution in [0.1, 0.15) is 5.56 Å². The Balaban J connectivity index is 2.34. The third kappa shape index (κ3) is 3.27. The quantitative estimate of drug-likeness (QED) is 0.639. The lowest BCUT2D eigenvalue weighted by Crippen LogP contribution is -1.97. The summed E-state index contributed by atoms with van der Waals surface area (Å²) in [6.45, 7) is 1.99. The zero-order chi connectivity index (χ0) is 14.7. The molecule has 0 saturated carbocycles. The van der Waals surface area contributed by atoms with Crippen molar-refractivity contribution in [2.45, 2.75) is 6.92 Å². The van der Waals surface area contributed by atoms with Gasteiger partial charge in [-0.15, -0.1) is 0 Å². The molecular weight excluding hydrogens is 322 g/mol. The Kier molecular flexibility index (Phi) is 4.24. The number of benzene rings is 2. The molecule has 2 rings (SSSR count). The van der Waals surface area contributed by atoms with Crippen molar-refractivity contribution in [2.24, 2.45) is 0 Å². The number of non-ortho nitro benzene ring substituents is 1. The van der Waals surface area contributed by atoms with Crippen LogP contribution in [0.15, 0.2) is 40.9 Å². The minimum absolute atomic E-state index is 0.0492. The van der Waals surface area contributed by atoms with Gasteiger partial charge >= 0.3 is 0 Å². The van der Waals surface area contributed by atoms with Gasteiger partial charge in [-0.05, 0) is 36.8 Å². The molecule has 0 saturated heterocycles. The number of nitro benzene ring substituents is 1. The molecule has 0 unspecified atom stereocenters. The van der Waals surface area contributed by atoms with Crippen molar-refractivity contribution in [1.29, 1.82) is 0 Å². The molecule has 0 atom stereocenters. The number of rotatable bonds is 4. The highest BCUT2D eigenvalue weighted by Crippen LogP contribution is 2.28. The van der Waals surface area contributed by atoms with Crippen molar-refractivity contribution >= 4 is 38.7 Å². The SMILES string of the molecule is CNc1cc(Nc2ccc(Br)c(C)c2)cc([N+](=O)[O-])c1. The summed E-state index contributed by atoms with van der Waals surface area (Å²) < 4.78 is 1.03. The van der Waals surface area contributed by atoms with Crippen LogP contribution in [0.25, 0.3) is 0 Å². The van der Waals surface area contributed by atoms with Gasteiger partial charge in [0.1, 0.15) is 0 Å². The van der Waals surface area contributed by atoms with Crippen molar-refractivity contribution in [3.05, 3.63) is 56.5 Å². The van der Waals surface area contributed by atoms with Gasteiger partial charge in [0, 0.05) is 40.7 Å². The van der Waals surface area contributed by atoms with Gasteiger partial charge < -0.3 is 10.6 Å². The van der Waals surface area contributed by atoms with Crippen LogP contribution in [0.4, 0.5) is 22.7 Å². The molecule has 0 aliphatic carbocycles. The van der Waals surface area contributed by atoms with Gasteiger partial charge in [-0.25, -0.2) is 0 Å². The molecule has 0 fully saturated rings. The molecule has 104 valence electrons. The number of hydrogen-bond donors (Lipinski definition) is 2. The maximum atomic E-state index is 10.9. The van der Waals surface area contributed by atoms with Gasteiger partial charge in [-0.2, -0.15) is 0 Å². The predicted molar refractivity (Wildman–Crippen MR) is 84.8 cm³/mol. The van der Waals surface area contributed by atoms with Crippen LogP contribution in [0.2, 0.25) is 0 Å². The van der Waals surface area contributed by atoms with Gasteiger partial charge in [-0.1, -0.05) is 15.9 Å². The first-order chi connectivity index (χ1) is 9.49. The highest BCUT2D eigenvalue weighted by molar-refractivity contribution is 9.10. The molecule has 0 aromatic heterocycles. The lowest BCUT2D eigenvalue weighted by atomic mass is 10.2. The Hall–Kier alpha value is -2.08. The summed E-state index contributed by atoms with van der Waals surface area (Å²) in [7, 11) is 1.73. The van der Waals surface area contributed by atoms with E-state index in [9.17, 15) is 10.1 Å². The van der Waals surface area contributed by atoms with E-state index in [0.717, 1.165) is 15.7 Å². The highest BCUT2D eigenvalue weighted by atomic mass is 79.9. The molecule has 0 bridgehead atoms. The molecule has 0 aliphatic rings. The fourth-order valence-corrected chi connectivity index (χ4v) is 2.07. The first kappa shape index (κ1) is 14.3. The topological polar surface area (TPSA) is 67.2 Å². The van der Waals surface area contributed by atoms with Gasteiger partial charge in [-0.3, -0.25) is 10.1 Å². The van der Waals surface area contributed by atoms with E-state index in [1.807, 2.05) is 31.2 Å². The van der Waals surface area contributed by atoms with Crippen LogP contribution >= 0.6 is 15.9 Å². The molecule has 2 N–H and O–H groups in total. The molecule has 0 radical (unpaired) electrons.